The van der Waals surface area contributed by atoms with Crippen molar-refractivity contribution in [1.29, 1.82) is 0 Å². The van der Waals surface area contributed by atoms with Crippen molar-refractivity contribution in [2.45, 2.75) is 45.0 Å². The molecule has 2 rings (SSSR count). The molecule has 0 saturated carbocycles. The molecule has 0 aromatic heterocycles. The molecule has 0 spiro atoms. The normalized spacial score (nSPS) is 15.5. The van der Waals surface area contributed by atoms with E-state index in [1.807, 2.05) is 0 Å². The molecule has 0 saturated heterocycles. The average molecular weight is 579 g/mol. The molecule has 0 radical (unpaired) electrons. The third kappa shape index (κ3) is 8.43. The molecular weight excluding hydrogens is 553 g/mol. The molecule has 0 unspecified atom stereocenters. The van der Waals surface area contributed by atoms with Crippen molar-refractivity contribution in [1.82, 2.24) is 5.32 Å². The van der Waals surface area contributed by atoms with Gasteiger partial charge in [0, 0.05) is 23.5 Å². The van der Waals surface area contributed by atoms with Crippen LogP contribution < -0.4 is 21.5 Å². The van der Waals surface area contributed by atoms with Gasteiger partial charge in [-0.15, -0.1) is 0 Å². The zero-order chi connectivity index (χ0) is 27.0. The van der Waals surface area contributed by atoms with Gasteiger partial charge < -0.3 is 31.0 Å². The number of carbonyl (C=O) groups is 3. The summed E-state index contributed by atoms with van der Waals surface area (Å²) in [5.41, 5.74) is 10.4. The minimum Gasteiger partial charge on any atom is -0.475 e. The second-order valence-electron chi connectivity index (χ2n) is 7.79. The molecule has 1 aliphatic heterocycles. The van der Waals surface area contributed by atoms with Crippen LogP contribution in [0.2, 0.25) is 0 Å². The van der Waals surface area contributed by atoms with E-state index in [0.717, 1.165) is 6.08 Å². The highest BCUT2D eigenvalue weighted by molar-refractivity contribution is 9.10. The third-order valence-corrected chi connectivity index (χ3v) is 5.26. The smallest absolute Gasteiger partial charge is 0.430 e. The van der Waals surface area contributed by atoms with Crippen LogP contribution in [-0.4, -0.2) is 61.9 Å². The van der Waals surface area contributed by atoms with E-state index in [4.69, 9.17) is 25.7 Å². The maximum absolute atomic E-state index is 13.6. The van der Waals surface area contributed by atoms with Crippen molar-refractivity contribution in [2.75, 3.05) is 19.8 Å². The summed E-state index contributed by atoms with van der Waals surface area (Å²) in [7, 11) is 0. The SMILES string of the molecule is CC(=O)N[C@@H](CCCN=C(N)N)C(=O)OCCOC(=O)C1=Cc2cc(Br)cc(C)c2O[C@@H]1C(F)(F)F. The van der Waals surface area contributed by atoms with Crippen LogP contribution in [0.4, 0.5) is 13.2 Å². The lowest BCUT2D eigenvalue weighted by Crippen LogP contribution is -2.42. The van der Waals surface area contributed by atoms with E-state index in [2.05, 4.69) is 26.2 Å². The first kappa shape index (κ1) is 28.9. The number of fused-ring (bicyclic) bond motifs is 1. The molecule has 10 nitrogen and oxygen atoms in total. The van der Waals surface area contributed by atoms with Crippen LogP contribution in [0.25, 0.3) is 6.08 Å². The number of alkyl halides is 3. The van der Waals surface area contributed by atoms with Gasteiger partial charge in [-0.2, -0.15) is 13.2 Å². The Morgan fingerprint density at radius 3 is 2.50 bits per heavy atom. The highest BCUT2D eigenvalue weighted by Gasteiger charge is 2.49. The maximum atomic E-state index is 13.6. The summed E-state index contributed by atoms with van der Waals surface area (Å²) in [6, 6.07) is 2.10. The molecule has 1 aliphatic rings. The van der Waals surface area contributed by atoms with Crippen LogP contribution in [0, 0.1) is 6.92 Å². The maximum Gasteiger partial charge on any atom is 0.430 e. The Labute approximate surface area is 213 Å². The van der Waals surface area contributed by atoms with Gasteiger partial charge in [0.1, 0.15) is 25.0 Å². The zero-order valence-electron chi connectivity index (χ0n) is 19.5. The number of esters is 2. The molecule has 1 aromatic carbocycles. The van der Waals surface area contributed by atoms with Crippen molar-refractivity contribution in [2.24, 2.45) is 16.5 Å². The number of nitrogens with one attached hydrogen (secondary N) is 1. The van der Waals surface area contributed by atoms with E-state index in [9.17, 15) is 27.6 Å². The van der Waals surface area contributed by atoms with Gasteiger partial charge >= 0.3 is 18.1 Å². The van der Waals surface area contributed by atoms with Crippen molar-refractivity contribution in [3.63, 3.8) is 0 Å². The number of aliphatic imine (C=N–C) groups is 1. The number of guanidine groups is 1. The van der Waals surface area contributed by atoms with Crippen LogP contribution in [-0.2, 0) is 23.9 Å². The van der Waals surface area contributed by atoms with Gasteiger partial charge in [-0.05, 0) is 43.5 Å². The molecule has 2 atom stereocenters. The summed E-state index contributed by atoms with van der Waals surface area (Å²) in [5, 5.41) is 2.42. The number of nitrogens with two attached hydrogens (primary N) is 2. The summed E-state index contributed by atoms with van der Waals surface area (Å²) in [4.78, 5) is 39.9. The summed E-state index contributed by atoms with van der Waals surface area (Å²) >= 11 is 3.25. The van der Waals surface area contributed by atoms with E-state index < -0.39 is 55.0 Å². The molecule has 1 aromatic rings. The fourth-order valence-electron chi connectivity index (χ4n) is 3.32. The van der Waals surface area contributed by atoms with Gasteiger partial charge in [0.25, 0.3) is 0 Å². The number of benzene rings is 1. The Hall–Kier alpha value is -3.29. The van der Waals surface area contributed by atoms with E-state index in [1.54, 1.807) is 13.0 Å². The lowest BCUT2D eigenvalue weighted by molar-refractivity contribution is -0.188. The Morgan fingerprint density at radius 1 is 1.22 bits per heavy atom. The number of rotatable bonds is 10. The molecule has 198 valence electrons. The molecule has 5 N–H and O–H groups in total. The number of halogens is 4. The van der Waals surface area contributed by atoms with Gasteiger partial charge in [-0.1, -0.05) is 15.9 Å². The number of aryl methyl sites for hydroxylation is 1. The number of nitrogens with zero attached hydrogens (tertiary/aromatic N) is 1. The van der Waals surface area contributed by atoms with Crippen LogP contribution >= 0.6 is 15.9 Å². The first-order valence-electron chi connectivity index (χ1n) is 10.7. The average Bonchev–Trinajstić information content (AvgIpc) is 2.76. The number of carbonyl (C=O) groups excluding carboxylic acids is 3. The Balaban J connectivity index is 2.00. The summed E-state index contributed by atoms with van der Waals surface area (Å²) in [6.45, 7) is 2.06. The minimum absolute atomic E-state index is 0.00913. The van der Waals surface area contributed by atoms with Crippen molar-refractivity contribution in [3.05, 3.63) is 33.3 Å². The Bertz CT molecular complexity index is 1060. The number of amides is 1. The molecule has 14 heteroatoms. The van der Waals surface area contributed by atoms with Crippen LogP contribution in [0.15, 0.2) is 27.2 Å². The van der Waals surface area contributed by atoms with Crippen LogP contribution in [0.5, 0.6) is 5.75 Å². The van der Waals surface area contributed by atoms with E-state index in [0.29, 0.717) is 16.5 Å². The molecule has 0 bridgehead atoms. The predicted octanol–water partition coefficient (Wildman–Crippen LogP) is 2.11. The second-order valence-corrected chi connectivity index (χ2v) is 8.70. The second kappa shape index (κ2) is 12.6. The summed E-state index contributed by atoms with van der Waals surface area (Å²) < 4.78 is 56.5. The van der Waals surface area contributed by atoms with E-state index >= 15 is 0 Å². The first-order valence-corrected chi connectivity index (χ1v) is 11.5. The van der Waals surface area contributed by atoms with Gasteiger partial charge in [0.15, 0.2) is 5.96 Å². The Kier molecular flexibility index (Phi) is 10.1. The van der Waals surface area contributed by atoms with Gasteiger partial charge in [-0.25, -0.2) is 9.59 Å². The molecular formula is C22H26BrF3N4O6. The quantitative estimate of drug-likeness (QED) is 0.165. The largest absolute Gasteiger partial charge is 0.475 e. The van der Waals surface area contributed by atoms with Crippen LogP contribution in [0.1, 0.15) is 30.9 Å². The van der Waals surface area contributed by atoms with Crippen molar-refractivity contribution < 1.29 is 41.8 Å². The monoisotopic (exact) mass is 578 g/mol. The zero-order valence-corrected chi connectivity index (χ0v) is 21.1. The van der Waals surface area contributed by atoms with Crippen molar-refractivity contribution in [3.8, 4) is 5.75 Å². The molecule has 0 fully saturated rings. The number of hydrogen-bond donors (Lipinski definition) is 3. The predicted molar refractivity (Wildman–Crippen MR) is 127 cm³/mol. The summed E-state index contributed by atoms with van der Waals surface area (Å²) in [5.74, 6) is -2.67. The lowest BCUT2D eigenvalue weighted by atomic mass is 9.99. The third-order valence-electron chi connectivity index (χ3n) is 4.80. The van der Waals surface area contributed by atoms with E-state index in [1.165, 1.54) is 13.0 Å². The molecule has 1 amide bonds. The van der Waals surface area contributed by atoms with Gasteiger partial charge in [0.2, 0.25) is 12.0 Å². The fraction of sp³-hybridized carbons (Fsp3) is 0.455. The molecule has 1 heterocycles. The highest BCUT2D eigenvalue weighted by atomic mass is 79.9. The first-order chi connectivity index (χ1) is 16.8. The molecule has 0 aliphatic carbocycles. The van der Waals surface area contributed by atoms with Crippen LogP contribution in [0.3, 0.4) is 0 Å². The Morgan fingerprint density at radius 2 is 1.89 bits per heavy atom. The number of ether oxygens (including phenoxy) is 3. The van der Waals surface area contributed by atoms with Crippen molar-refractivity contribution >= 4 is 45.8 Å². The standard InChI is InChI=1S/C22H26BrF3N4O6/c1-11-8-14(23)9-13-10-15(18(22(24,25)26)36-17(11)13)19(32)34-6-7-35-20(33)16(30-12(2)31)4-3-5-29-21(27)28/h8-10,16,18H,3-7H2,1-2H3,(H,30,31)(H4,27,28,29)/t16-,18-/m0/s1. The lowest BCUT2D eigenvalue weighted by Gasteiger charge is -2.29. The fourth-order valence-corrected chi connectivity index (χ4v) is 3.91. The topological polar surface area (TPSA) is 155 Å². The van der Waals surface area contributed by atoms with Gasteiger partial charge in [0.05, 0.1) is 5.57 Å². The minimum atomic E-state index is -4.88. The summed E-state index contributed by atoms with van der Waals surface area (Å²) in [6.07, 6.45) is -5.81. The number of hydrogen-bond acceptors (Lipinski definition) is 7. The van der Waals surface area contributed by atoms with E-state index in [-0.39, 0.29) is 30.2 Å². The highest BCUT2D eigenvalue weighted by Crippen LogP contribution is 2.40. The molecule has 36 heavy (non-hydrogen) atoms. The van der Waals surface area contributed by atoms with Gasteiger partial charge in [-0.3, -0.25) is 9.79 Å².